The summed E-state index contributed by atoms with van der Waals surface area (Å²) in [7, 11) is 4.12. The number of fused-ring (bicyclic) bond motifs is 1. The van der Waals surface area contributed by atoms with E-state index in [0.717, 1.165) is 58.9 Å². The van der Waals surface area contributed by atoms with E-state index in [1.54, 1.807) is 18.0 Å². The van der Waals surface area contributed by atoms with Crippen molar-refractivity contribution in [3.63, 3.8) is 0 Å². The summed E-state index contributed by atoms with van der Waals surface area (Å²) in [5, 5.41) is 8.83. The van der Waals surface area contributed by atoms with Gasteiger partial charge in [0.25, 0.3) is 5.91 Å². The quantitative estimate of drug-likeness (QED) is 0.497. The highest BCUT2D eigenvalue weighted by molar-refractivity contribution is 7.99. The maximum atomic E-state index is 12.8. The van der Waals surface area contributed by atoms with Crippen molar-refractivity contribution in [3.05, 3.63) is 54.2 Å². The van der Waals surface area contributed by atoms with Crippen LogP contribution in [0.25, 0.3) is 10.9 Å². The van der Waals surface area contributed by atoms with Crippen molar-refractivity contribution in [3.8, 4) is 0 Å². The number of benzene rings is 1. The first-order valence-electron chi connectivity index (χ1n) is 11.3. The number of amides is 1. The van der Waals surface area contributed by atoms with Crippen molar-refractivity contribution >= 4 is 40.1 Å². The molecule has 1 aliphatic carbocycles. The van der Waals surface area contributed by atoms with Gasteiger partial charge in [-0.1, -0.05) is 25.1 Å². The second-order valence-electron chi connectivity index (χ2n) is 8.39. The minimum absolute atomic E-state index is 0.0164. The lowest BCUT2D eigenvalue weighted by atomic mass is 9.91. The molecular weight excluding hydrogens is 418 g/mol. The summed E-state index contributed by atoms with van der Waals surface area (Å²) < 4.78 is 0. The molecule has 1 amide bonds. The minimum atomic E-state index is -0.0164. The van der Waals surface area contributed by atoms with Gasteiger partial charge in [-0.25, -0.2) is 9.97 Å². The van der Waals surface area contributed by atoms with Crippen molar-refractivity contribution in [1.82, 2.24) is 15.3 Å². The molecule has 1 fully saturated rings. The van der Waals surface area contributed by atoms with Crippen molar-refractivity contribution < 1.29 is 4.79 Å². The Morgan fingerprint density at radius 3 is 2.59 bits per heavy atom. The van der Waals surface area contributed by atoms with Crippen LogP contribution in [0.1, 0.15) is 43.0 Å². The molecule has 0 bridgehead atoms. The van der Waals surface area contributed by atoms with Crippen LogP contribution in [0, 0.1) is 0 Å². The Bertz CT molecular complexity index is 1080. The van der Waals surface area contributed by atoms with Crippen LogP contribution < -0.4 is 15.5 Å². The molecule has 2 N–H and O–H groups in total. The summed E-state index contributed by atoms with van der Waals surface area (Å²) in [6, 6.07) is 14.6. The monoisotopic (exact) mass is 449 g/mol. The van der Waals surface area contributed by atoms with Gasteiger partial charge in [-0.2, -0.15) is 0 Å². The van der Waals surface area contributed by atoms with Crippen LogP contribution in [0.15, 0.2) is 53.7 Å². The number of anilines is 2. The maximum Gasteiger partial charge on any atom is 0.254 e. The average molecular weight is 450 g/mol. The molecule has 0 radical (unpaired) electrons. The van der Waals surface area contributed by atoms with E-state index in [4.69, 9.17) is 4.98 Å². The van der Waals surface area contributed by atoms with Crippen molar-refractivity contribution in [1.29, 1.82) is 0 Å². The average Bonchev–Trinajstić information content (AvgIpc) is 2.80. The fourth-order valence-corrected chi connectivity index (χ4v) is 5.00. The van der Waals surface area contributed by atoms with E-state index in [2.05, 4.69) is 65.8 Å². The van der Waals surface area contributed by atoms with Gasteiger partial charge < -0.3 is 15.5 Å². The Morgan fingerprint density at radius 2 is 1.84 bits per heavy atom. The Kier molecular flexibility index (Phi) is 7.15. The molecule has 0 unspecified atom stereocenters. The molecule has 1 aliphatic rings. The largest absolute Gasteiger partial charge is 0.377 e. The molecule has 2 aromatic heterocycles. The van der Waals surface area contributed by atoms with E-state index in [9.17, 15) is 4.79 Å². The molecule has 1 aromatic carbocycles. The number of pyridine rings is 2. The highest BCUT2D eigenvalue weighted by atomic mass is 32.2. The lowest BCUT2D eigenvalue weighted by Crippen LogP contribution is -2.40. The Morgan fingerprint density at radius 1 is 1.09 bits per heavy atom. The molecule has 6 nitrogen and oxygen atoms in total. The van der Waals surface area contributed by atoms with Gasteiger partial charge in [0, 0.05) is 49.5 Å². The third-order valence-corrected chi connectivity index (χ3v) is 6.77. The summed E-state index contributed by atoms with van der Waals surface area (Å²) in [6.07, 6.45) is 5.65. The van der Waals surface area contributed by atoms with Crippen molar-refractivity contribution in [2.24, 2.45) is 0 Å². The van der Waals surface area contributed by atoms with Gasteiger partial charge in [0.15, 0.2) is 0 Å². The lowest BCUT2D eigenvalue weighted by Gasteiger charge is -2.30. The third-order valence-electron chi connectivity index (χ3n) is 5.89. The fraction of sp³-hybridized carbons (Fsp3) is 0.400. The number of hydrogen-bond acceptors (Lipinski definition) is 6. The molecular formula is C25H31N5OS. The van der Waals surface area contributed by atoms with E-state index in [-0.39, 0.29) is 11.9 Å². The minimum Gasteiger partial charge on any atom is -0.377 e. The number of carbonyl (C=O) groups excluding carboxylic acids is 1. The summed E-state index contributed by atoms with van der Waals surface area (Å²) >= 11 is 1.61. The van der Waals surface area contributed by atoms with Crippen LogP contribution in [0.4, 0.5) is 11.5 Å². The summed E-state index contributed by atoms with van der Waals surface area (Å²) in [6.45, 7) is 2.07. The maximum absolute atomic E-state index is 12.8. The zero-order valence-electron chi connectivity index (χ0n) is 19.0. The second kappa shape index (κ2) is 10.2. The molecule has 2 heterocycles. The highest BCUT2D eigenvalue weighted by Crippen LogP contribution is 2.29. The molecule has 0 saturated heterocycles. The molecule has 4 rings (SSSR count). The van der Waals surface area contributed by atoms with Crippen LogP contribution in [0.3, 0.4) is 0 Å². The van der Waals surface area contributed by atoms with E-state index >= 15 is 0 Å². The van der Waals surface area contributed by atoms with Crippen LogP contribution >= 0.6 is 11.8 Å². The van der Waals surface area contributed by atoms with Gasteiger partial charge in [0.05, 0.1) is 11.1 Å². The number of carbonyl (C=O) groups is 1. The van der Waals surface area contributed by atoms with Gasteiger partial charge in [-0.3, -0.25) is 4.79 Å². The Hall–Kier alpha value is -2.80. The molecule has 168 valence electrons. The topological polar surface area (TPSA) is 70.2 Å². The number of nitrogens with one attached hydrogen (secondary N) is 2. The third kappa shape index (κ3) is 5.15. The Labute approximate surface area is 194 Å². The molecule has 7 heteroatoms. The van der Waals surface area contributed by atoms with E-state index in [1.165, 1.54) is 0 Å². The predicted molar refractivity (Wildman–Crippen MR) is 134 cm³/mol. The van der Waals surface area contributed by atoms with E-state index < -0.39 is 0 Å². The zero-order valence-corrected chi connectivity index (χ0v) is 19.8. The number of thioether (sulfide) groups is 1. The lowest BCUT2D eigenvalue weighted by molar-refractivity contribution is 0.0923. The van der Waals surface area contributed by atoms with Gasteiger partial charge in [-0.05, 0) is 49.6 Å². The fourth-order valence-electron chi connectivity index (χ4n) is 4.27. The SMILES string of the molecule is CCSc1ncccc1C(=O)N[C@H]1CC[C@@H](Nc2cc(N(C)C)c3ccccc3n2)CC1. The summed E-state index contributed by atoms with van der Waals surface area (Å²) in [5.74, 6) is 1.79. The van der Waals surface area contributed by atoms with E-state index in [1.807, 2.05) is 18.2 Å². The van der Waals surface area contributed by atoms with Crippen LogP contribution in [0.2, 0.25) is 0 Å². The smallest absolute Gasteiger partial charge is 0.254 e. The number of para-hydroxylation sites is 1. The highest BCUT2D eigenvalue weighted by Gasteiger charge is 2.24. The van der Waals surface area contributed by atoms with Gasteiger partial charge in [0.1, 0.15) is 10.8 Å². The van der Waals surface area contributed by atoms with Crippen molar-refractivity contribution in [2.45, 2.75) is 49.7 Å². The normalized spacial score (nSPS) is 18.3. The number of hydrogen-bond donors (Lipinski definition) is 2. The van der Waals surface area contributed by atoms with E-state index in [0.29, 0.717) is 11.6 Å². The predicted octanol–water partition coefficient (Wildman–Crippen LogP) is 4.96. The van der Waals surface area contributed by atoms with Crippen LogP contribution in [-0.4, -0.2) is 47.8 Å². The molecule has 0 spiro atoms. The number of nitrogens with zero attached hydrogens (tertiary/aromatic N) is 3. The number of aromatic nitrogens is 2. The van der Waals surface area contributed by atoms with Gasteiger partial charge >= 0.3 is 0 Å². The second-order valence-corrected chi connectivity index (χ2v) is 9.65. The number of rotatable bonds is 7. The molecule has 1 saturated carbocycles. The summed E-state index contributed by atoms with van der Waals surface area (Å²) in [4.78, 5) is 24.1. The summed E-state index contributed by atoms with van der Waals surface area (Å²) in [5.41, 5.74) is 2.84. The molecule has 0 atom stereocenters. The molecule has 32 heavy (non-hydrogen) atoms. The van der Waals surface area contributed by atoms with Crippen LogP contribution in [0.5, 0.6) is 0 Å². The van der Waals surface area contributed by atoms with Gasteiger partial charge in [0.2, 0.25) is 0 Å². The Balaban J connectivity index is 1.37. The first-order valence-corrected chi connectivity index (χ1v) is 12.3. The van der Waals surface area contributed by atoms with Crippen LogP contribution in [-0.2, 0) is 0 Å². The van der Waals surface area contributed by atoms with Gasteiger partial charge in [-0.15, -0.1) is 11.8 Å². The van der Waals surface area contributed by atoms with Crippen molar-refractivity contribution in [2.75, 3.05) is 30.1 Å². The molecule has 0 aliphatic heterocycles. The first kappa shape index (κ1) is 22.4. The standard InChI is InChI=1S/C25H31N5OS/c1-4-32-25-20(9-7-15-26-25)24(31)28-18-13-11-17(12-14-18)27-23-16-22(30(2)3)19-8-5-6-10-21(19)29-23/h5-10,15-18H,4,11-14H2,1-3H3,(H,27,29)(H,28,31)/t17-,18+. The molecule has 3 aromatic rings. The first-order chi connectivity index (χ1) is 15.5. The zero-order chi connectivity index (χ0) is 22.5.